The van der Waals surface area contributed by atoms with Crippen LogP contribution in [0.5, 0.6) is 5.75 Å². The minimum Gasteiger partial charge on any atom is -0.484 e. The van der Waals surface area contributed by atoms with Crippen LogP contribution in [0.25, 0.3) is 0 Å². The molecule has 2 rings (SSSR count). The molecule has 0 fully saturated rings. The van der Waals surface area contributed by atoms with E-state index in [0.29, 0.717) is 23.8 Å². The zero-order chi connectivity index (χ0) is 19.8. The monoisotopic (exact) mass is 370 g/mol. The van der Waals surface area contributed by atoms with Crippen molar-refractivity contribution in [2.45, 2.75) is 33.6 Å². The number of hydrogen-bond donors (Lipinski definition) is 1. The number of amides is 1. The summed E-state index contributed by atoms with van der Waals surface area (Å²) >= 11 is 0. The molecule has 144 valence electrons. The maximum atomic E-state index is 12.0. The average Bonchev–Trinajstić information content (AvgIpc) is 2.66. The fourth-order valence-electron chi connectivity index (χ4n) is 2.64. The lowest BCUT2D eigenvalue weighted by Gasteiger charge is -2.22. The summed E-state index contributed by atoms with van der Waals surface area (Å²) in [5.41, 5.74) is 6.03. The van der Waals surface area contributed by atoms with E-state index in [1.165, 1.54) is 0 Å². The van der Waals surface area contributed by atoms with Gasteiger partial charge in [0.25, 0.3) is 5.91 Å². The Labute approximate surface area is 159 Å². The molecule has 1 unspecified atom stereocenters. The van der Waals surface area contributed by atoms with Crippen LogP contribution in [0.4, 0.5) is 0 Å². The van der Waals surface area contributed by atoms with Crippen LogP contribution >= 0.6 is 0 Å². The van der Waals surface area contributed by atoms with Crippen molar-refractivity contribution in [1.82, 2.24) is 5.43 Å². The third kappa shape index (κ3) is 6.09. The molecule has 1 N–H and O–H groups in total. The summed E-state index contributed by atoms with van der Waals surface area (Å²) in [5.74, 6) is 0.115. The Morgan fingerprint density at radius 2 is 2.00 bits per heavy atom. The van der Waals surface area contributed by atoms with Crippen molar-refractivity contribution in [3.05, 3.63) is 53.6 Å². The number of benzene rings is 1. The molecule has 1 aliphatic carbocycles. The average molecular weight is 370 g/mol. The molecule has 0 bridgehead atoms. The number of nitrogens with one attached hydrogen (secondary N) is 1. The van der Waals surface area contributed by atoms with Gasteiger partial charge in [-0.25, -0.2) is 10.2 Å². The van der Waals surface area contributed by atoms with Gasteiger partial charge in [0.2, 0.25) is 0 Å². The number of esters is 1. The van der Waals surface area contributed by atoms with Gasteiger partial charge in [0.05, 0.1) is 17.9 Å². The number of hydrogen-bond acceptors (Lipinski definition) is 5. The van der Waals surface area contributed by atoms with Crippen molar-refractivity contribution in [2.24, 2.45) is 11.0 Å². The van der Waals surface area contributed by atoms with Crippen LogP contribution in [0.3, 0.4) is 0 Å². The summed E-state index contributed by atoms with van der Waals surface area (Å²) in [5, 5.41) is 4.23. The maximum absolute atomic E-state index is 12.0. The van der Waals surface area contributed by atoms with Crippen LogP contribution in [0, 0.1) is 5.92 Å². The number of allylic oxidation sites excluding steroid dienone is 3. The quantitative estimate of drug-likeness (QED) is 0.451. The van der Waals surface area contributed by atoms with Gasteiger partial charge in [0.15, 0.2) is 6.61 Å². The highest BCUT2D eigenvalue weighted by Gasteiger charge is 2.18. The molecule has 27 heavy (non-hydrogen) atoms. The van der Waals surface area contributed by atoms with Crippen molar-refractivity contribution >= 4 is 17.6 Å². The lowest BCUT2D eigenvalue weighted by molar-refractivity contribution is -0.123. The Morgan fingerprint density at radius 3 is 2.63 bits per heavy atom. The number of nitrogens with zero attached hydrogens (tertiary/aromatic N) is 1. The van der Waals surface area contributed by atoms with Gasteiger partial charge in [0.1, 0.15) is 5.75 Å². The largest absolute Gasteiger partial charge is 0.484 e. The number of carbonyl (C=O) groups excluding carboxylic acids is 2. The first-order valence-electron chi connectivity index (χ1n) is 8.98. The van der Waals surface area contributed by atoms with E-state index in [0.717, 1.165) is 29.7 Å². The molecule has 1 atom stereocenters. The van der Waals surface area contributed by atoms with E-state index in [-0.39, 0.29) is 18.5 Å². The Kier molecular flexibility index (Phi) is 7.34. The fraction of sp³-hybridized carbons (Fsp3) is 0.381. The lowest BCUT2D eigenvalue weighted by Crippen LogP contribution is -2.27. The van der Waals surface area contributed by atoms with E-state index in [1.807, 2.05) is 13.8 Å². The highest BCUT2D eigenvalue weighted by molar-refractivity contribution is 6.01. The van der Waals surface area contributed by atoms with Gasteiger partial charge in [-0.3, -0.25) is 4.79 Å². The molecule has 0 aromatic heterocycles. The topological polar surface area (TPSA) is 77.0 Å². The van der Waals surface area contributed by atoms with Crippen molar-refractivity contribution in [2.75, 3.05) is 13.2 Å². The van der Waals surface area contributed by atoms with Gasteiger partial charge in [-0.1, -0.05) is 18.2 Å². The van der Waals surface area contributed by atoms with Gasteiger partial charge >= 0.3 is 5.97 Å². The summed E-state index contributed by atoms with van der Waals surface area (Å²) in [6.45, 7) is 9.91. The standard InChI is InChI=1S/C21H26N2O4/c1-5-26-21(25)16-8-10-18(11-9-16)27-13-20(24)23-22-19-12-17(14(2)3)7-6-15(19)4/h6,8-11,17H,2,5,7,12-13H2,1,3-4H3,(H,23,24)/b22-19-. The highest BCUT2D eigenvalue weighted by Crippen LogP contribution is 2.26. The second-order valence-corrected chi connectivity index (χ2v) is 6.50. The van der Waals surface area contributed by atoms with E-state index in [1.54, 1.807) is 31.2 Å². The van der Waals surface area contributed by atoms with Crippen LogP contribution in [-0.2, 0) is 9.53 Å². The number of ether oxygens (including phenoxy) is 2. The second-order valence-electron chi connectivity index (χ2n) is 6.50. The molecule has 6 heteroatoms. The Balaban J connectivity index is 1.85. The predicted octanol–water partition coefficient (Wildman–Crippen LogP) is 3.65. The van der Waals surface area contributed by atoms with Crippen LogP contribution in [0.2, 0.25) is 0 Å². The van der Waals surface area contributed by atoms with Crippen molar-refractivity contribution < 1.29 is 19.1 Å². The number of carbonyl (C=O) groups is 2. The second kappa shape index (κ2) is 9.71. The Hall–Kier alpha value is -2.89. The molecule has 0 saturated heterocycles. The normalized spacial score (nSPS) is 17.8. The molecule has 0 spiro atoms. The molecule has 1 amide bonds. The molecule has 1 aromatic carbocycles. The highest BCUT2D eigenvalue weighted by atomic mass is 16.5. The first-order valence-corrected chi connectivity index (χ1v) is 8.98. The Bertz CT molecular complexity index is 763. The molecular weight excluding hydrogens is 344 g/mol. The van der Waals surface area contributed by atoms with E-state index >= 15 is 0 Å². The fourth-order valence-corrected chi connectivity index (χ4v) is 2.64. The summed E-state index contributed by atoms with van der Waals surface area (Å²) in [4.78, 5) is 23.6. The van der Waals surface area contributed by atoms with Crippen LogP contribution in [0.1, 0.15) is 44.0 Å². The molecule has 6 nitrogen and oxygen atoms in total. The van der Waals surface area contributed by atoms with E-state index in [2.05, 4.69) is 23.2 Å². The number of hydrazone groups is 1. The third-order valence-corrected chi connectivity index (χ3v) is 4.35. The molecule has 1 aliphatic rings. The van der Waals surface area contributed by atoms with Gasteiger partial charge in [-0.05, 0) is 69.4 Å². The first kappa shape index (κ1) is 20.4. The predicted molar refractivity (Wildman–Crippen MR) is 105 cm³/mol. The summed E-state index contributed by atoms with van der Waals surface area (Å²) in [7, 11) is 0. The lowest BCUT2D eigenvalue weighted by atomic mass is 9.85. The molecule has 0 saturated carbocycles. The molecule has 0 heterocycles. The summed E-state index contributed by atoms with van der Waals surface area (Å²) in [6, 6.07) is 6.44. The zero-order valence-corrected chi connectivity index (χ0v) is 16.1. The maximum Gasteiger partial charge on any atom is 0.338 e. The van der Waals surface area contributed by atoms with E-state index < -0.39 is 0 Å². The molecule has 0 radical (unpaired) electrons. The van der Waals surface area contributed by atoms with E-state index in [4.69, 9.17) is 9.47 Å². The van der Waals surface area contributed by atoms with Gasteiger partial charge < -0.3 is 9.47 Å². The Morgan fingerprint density at radius 1 is 1.30 bits per heavy atom. The molecule has 1 aromatic rings. The molecule has 0 aliphatic heterocycles. The minimum absolute atomic E-state index is 0.164. The van der Waals surface area contributed by atoms with Gasteiger partial charge in [0, 0.05) is 0 Å². The third-order valence-electron chi connectivity index (χ3n) is 4.35. The van der Waals surface area contributed by atoms with Crippen molar-refractivity contribution in [3.8, 4) is 5.75 Å². The molecular formula is C21H26N2O4. The summed E-state index contributed by atoms with van der Waals surface area (Å²) < 4.78 is 10.3. The van der Waals surface area contributed by atoms with Crippen LogP contribution < -0.4 is 10.2 Å². The van der Waals surface area contributed by atoms with Gasteiger partial charge in [-0.15, -0.1) is 0 Å². The SMILES string of the molecule is C=C(C)C1CC=C(C)/C(=N\NC(=O)COc2ccc(C(=O)OCC)cc2)C1. The van der Waals surface area contributed by atoms with Crippen LogP contribution in [0.15, 0.2) is 53.2 Å². The number of rotatable bonds is 7. The zero-order valence-electron chi connectivity index (χ0n) is 16.1. The first-order chi connectivity index (χ1) is 12.9. The van der Waals surface area contributed by atoms with Crippen molar-refractivity contribution in [1.29, 1.82) is 0 Å². The van der Waals surface area contributed by atoms with Crippen molar-refractivity contribution in [3.63, 3.8) is 0 Å². The van der Waals surface area contributed by atoms with E-state index in [9.17, 15) is 9.59 Å². The smallest absolute Gasteiger partial charge is 0.338 e. The van der Waals surface area contributed by atoms with Gasteiger partial charge in [-0.2, -0.15) is 5.10 Å². The minimum atomic E-state index is -0.387. The summed E-state index contributed by atoms with van der Waals surface area (Å²) in [6.07, 6.45) is 3.85. The van der Waals surface area contributed by atoms with Crippen LogP contribution in [-0.4, -0.2) is 30.8 Å².